The number of carbonyl (C=O) groups excluding carboxylic acids is 1. The lowest BCUT2D eigenvalue weighted by atomic mass is 9.74. The van der Waals surface area contributed by atoms with Crippen LogP contribution in [0.1, 0.15) is 37.0 Å². The maximum absolute atomic E-state index is 12.8. The summed E-state index contributed by atoms with van der Waals surface area (Å²) < 4.78 is 0. The Labute approximate surface area is 124 Å². The van der Waals surface area contributed by atoms with Gasteiger partial charge in [0, 0.05) is 17.5 Å². The van der Waals surface area contributed by atoms with E-state index in [1.54, 1.807) is 18.2 Å². The van der Waals surface area contributed by atoms with Crippen molar-refractivity contribution in [3.8, 4) is 0 Å². The van der Waals surface area contributed by atoms with Gasteiger partial charge in [-0.3, -0.25) is 4.79 Å². The molecule has 0 aliphatic carbocycles. The molecule has 1 atom stereocenters. The smallest absolute Gasteiger partial charge is 0.170 e. The molecule has 1 saturated heterocycles. The Hall–Kier alpha value is -0.570. The van der Waals surface area contributed by atoms with Crippen molar-refractivity contribution in [2.75, 3.05) is 13.1 Å². The summed E-state index contributed by atoms with van der Waals surface area (Å²) >= 11 is 11.9. The van der Waals surface area contributed by atoms with Gasteiger partial charge in [-0.2, -0.15) is 0 Å². The second-order valence-electron chi connectivity index (χ2n) is 5.76. The molecule has 0 radical (unpaired) electrons. The van der Waals surface area contributed by atoms with Crippen LogP contribution in [0, 0.1) is 11.3 Å². The lowest BCUT2D eigenvalue weighted by molar-refractivity contribution is 0.0782. The van der Waals surface area contributed by atoms with Crippen molar-refractivity contribution in [1.82, 2.24) is 5.32 Å². The molecule has 0 aromatic heterocycles. The first kappa shape index (κ1) is 14.8. The summed E-state index contributed by atoms with van der Waals surface area (Å²) in [5, 5.41) is 4.24. The molecule has 0 unspecified atom stereocenters. The standard InChI is InChI=1S/C15H19Cl2NO/c1-10(2)8-15(5-6-18-9-15)14(19)11-3-4-12(16)13(17)7-11/h3-4,7,10,18H,5-6,8-9H2,1-2H3/t15-/m1/s1. The second-order valence-corrected chi connectivity index (χ2v) is 6.58. The fourth-order valence-electron chi connectivity index (χ4n) is 2.93. The minimum atomic E-state index is -0.286. The molecule has 2 nitrogen and oxygen atoms in total. The molecule has 0 amide bonds. The lowest BCUT2D eigenvalue weighted by Crippen LogP contribution is -2.35. The van der Waals surface area contributed by atoms with Crippen molar-refractivity contribution in [3.05, 3.63) is 33.8 Å². The third kappa shape index (κ3) is 3.13. The van der Waals surface area contributed by atoms with Gasteiger partial charge in [0.25, 0.3) is 0 Å². The summed E-state index contributed by atoms with van der Waals surface area (Å²) in [5.41, 5.74) is 0.379. The van der Waals surface area contributed by atoms with Crippen LogP contribution in [-0.4, -0.2) is 18.9 Å². The zero-order valence-electron chi connectivity index (χ0n) is 11.3. The number of hydrogen-bond acceptors (Lipinski definition) is 2. The Bertz CT molecular complexity index is 479. The van der Waals surface area contributed by atoms with Crippen LogP contribution < -0.4 is 5.32 Å². The Morgan fingerprint density at radius 1 is 1.37 bits per heavy atom. The summed E-state index contributed by atoms with van der Waals surface area (Å²) in [5.74, 6) is 0.677. The number of halogens is 2. The van der Waals surface area contributed by atoms with E-state index >= 15 is 0 Å². The maximum atomic E-state index is 12.8. The van der Waals surface area contributed by atoms with Crippen molar-refractivity contribution in [2.24, 2.45) is 11.3 Å². The molecule has 1 N–H and O–H groups in total. The van der Waals surface area contributed by atoms with E-state index in [9.17, 15) is 4.79 Å². The van der Waals surface area contributed by atoms with Crippen LogP contribution in [0.2, 0.25) is 10.0 Å². The second kappa shape index (κ2) is 5.82. The number of hydrogen-bond donors (Lipinski definition) is 1. The molecule has 2 rings (SSSR count). The summed E-state index contributed by atoms with van der Waals surface area (Å²) in [6.45, 7) is 5.97. The number of Topliss-reactive ketones (excluding diaryl/α,β-unsaturated/α-hetero) is 1. The number of carbonyl (C=O) groups is 1. The Morgan fingerprint density at radius 2 is 2.11 bits per heavy atom. The van der Waals surface area contributed by atoms with Crippen LogP contribution in [0.3, 0.4) is 0 Å². The topological polar surface area (TPSA) is 29.1 Å². The predicted octanol–water partition coefficient (Wildman–Crippen LogP) is 4.20. The molecule has 19 heavy (non-hydrogen) atoms. The molecular weight excluding hydrogens is 281 g/mol. The first-order chi connectivity index (χ1) is 8.94. The van der Waals surface area contributed by atoms with Crippen molar-refractivity contribution >= 4 is 29.0 Å². The Balaban J connectivity index is 2.31. The van der Waals surface area contributed by atoms with Gasteiger partial charge in [-0.1, -0.05) is 37.0 Å². The number of ketones is 1. The molecule has 0 spiro atoms. The van der Waals surface area contributed by atoms with Gasteiger partial charge in [-0.25, -0.2) is 0 Å². The van der Waals surface area contributed by atoms with E-state index in [4.69, 9.17) is 23.2 Å². The normalized spacial score (nSPS) is 23.0. The first-order valence-electron chi connectivity index (χ1n) is 6.65. The van der Waals surface area contributed by atoms with Crippen molar-refractivity contribution < 1.29 is 4.79 Å². The van der Waals surface area contributed by atoms with Crippen LogP contribution in [0.25, 0.3) is 0 Å². The van der Waals surface area contributed by atoms with E-state index in [-0.39, 0.29) is 11.2 Å². The van der Waals surface area contributed by atoms with Crippen LogP contribution in [0.4, 0.5) is 0 Å². The van der Waals surface area contributed by atoms with E-state index in [0.717, 1.165) is 25.9 Å². The Morgan fingerprint density at radius 3 is 2.63 bits per heavy atom. The number of benzene rings is 1. The molecular formula is C15H19Cl2NO. The van der Waals surface area contributed by atoms with E-state index < -0.39 is 0 Å². The summed E-state index contributed by atoms with van der Waals surface area (Å²) in [6, 6.07) is 5.16. The van der Waals surface area contributed by atoms with Gasteiger partial charge >= 0.3 is 0 Å². The van der Waals surface area contributed by atoms with E-state index in [1.165, 1.54) is 0 Å². The molecule has 1 aromatic rings. The van der Waals surface area contributed by atoms with E-state index in [2.05, 4.69) is 19.2 Å². The fourth-order valence-corrected chi connectivity index (χ4v) is 3.23. The van der Waals surface area contributed by atoms with E-state index in [0.29, 0.717) is 21.5 Å². The van der Waals surface area contributed by atoms with Crippen molar-refractivity contribution in [1.29, 1.82) is 0 Å². The summed E-state index contributed by atoms with van der Waals surface area (Å²) in [7, 11) is 0. The van der Waals surface area contributed by atoms with Crippen LogP contribution in [0.5, 0.6) is 0 Å². The predicted molar refractivity (Wildman–Crippen MR) is 80.2 cm³/mol. The molecule has 104 valence electrons. The highest BCUT2D eigenvalue weighted by Crippen LogP contribution is 2.37. The molecule has 1 aromatic carbocycles. The van der Waals surface area contributed by atoms with Gasteiger partial charge in [-0.15, -0.1) is 0 Å². The van der Waals surface area contributed by atoms with Gasteiger partial charge in [-0.05, 0) is 43.5 Å². The molecule has 0 bridgehead atoms. The zero-order chi connectivity index (χ0) is 14.0. The number of nitrogens with one attached hydrogen (secondary N) is 1. The van der Waals surface area contributed by atoms with Gasteiger partial charge in [0.1, 0.15) is 0 Å². The Kier molecular flexibility index (Phi) is 4.54. The highest BCUT2D eigenvalue weighted by Gasteiger charge is 2.41. The highest BCUT2D eigenvalue weighted by atomic mass is 35.5. The lowest BCUT2D eigenvalue weighted by Gasteiger charge is -2.28. The quantitative estimate of drug-likeness (QED) is 0.844. The third-order valence-electron chi connectivity index (χ3n) is 3.71. The first-order valence-corrected chi connectivity index (χ1v) is 7.41. The molecule has 1 aliphatic heterocycles. The van der Waals surface area contributed by atoms with Gasteiger partial charge in [0.2, 0.25) is 0 Å². The molecule has 1 fully saturated rings. The third-order valence-corrected chi connectivity index (χ3v) is 4.45. The van der Waals surface area contributed by atoms with Gasteiger partial charge in [0.05, 0.1) is 10.0 Å². The maximum Gasteiger partial charge on any atom is 0.170 e. The molecule has 1 heterocycles. The van der Waals surface area contributed by atoms with Crippen LogP contribution in [0.15, 0.2) is 18.2 Å². The minimum Gasteiger partial charge on any atom is -0.316 e. The summed E-state index contributed by atoms with van der Waals surface area (Å²) in [4.78, 5) is 12.8. The minimum absolute atomic E-state index is 0.185. The molecule has 1 aliphatic rings. The van der Waals surface area contributed by atoms with Crippen molar-refractivity contribution in [2.45, 2.75) is 26.7 Å². The van der Waals surface area contributed by atoms with Crippen molar-refractivity contribution in [3.63, 3.8) is 0 Å². The average Bonchev–Trinajstić information content (AvgIpc) is 2.80. The fraction of sp³-hybridized carbons (Fsp3) is 0.533. The van der Waals surface area contributed by atoms with Gasteiger partial charge < -0.3 is 5.32 Å². The SMILES string of the molecule is CC(C)C[C@]1(C(=O)c2ccc(Cl)c(Cl)c2)CCNC1. The monoisotopic (exact) mass is 299 g/mol. The highest BCUT2D eigenvalue weighted by molar-refractivity contribution is 6.42. The largest absolute Gasteiger partial charge is 0.316 e. The summed E-state index contributed by atoms with van der Waals surface area (Å²) in [6.07, 6.45) is 1.79. The van der Waals surface area contributed by atoms with E-state index in [1.807, 2.05) is 0 Å². The van der Waals surface area contributed by atoms with Gasteiger partial charge in [0.15, 0.2) is 5.78 Å². The zero-order valence-corrected chi connectivity index (χ0v) is 12.8. The van der Waals surface area contributed by atoms with Crippen LogP contribution in [-0.2, 0) is 0 Å². The van der Waals surface area contributed by atoms with Crippen LogP contribution >= 0.6 is 23.2 Å². The average molecular weight is 300 g/mol. The molecule has 4 heteroatoms. The number of rotatable bonds is 4. The molecule has 0 saturated carbocycles.